The lowest BCUT2D eigenvalue weighted by Crippen LogP contribution is -2.04. The van der Waals surface area contributed by atoms with E-state index in [1.54, 1.807) is 11.1 Å². The van der Waals surface area contributed by atoms with Crippen molar-refractivity contribution >= 4 is 0 Å². The minimum Gasteiger partial charge on any atom is -0.320 e. The summed E-state index contributed by atoms with van der Waals surface area (Å²) in [5.74, 6) is 0. The van der Waals surface area contributed by atoms with Crippen molar-refractivity contribution < 1.29 is 0 Å². The van der Waals surface area contributed by atoms with Crippen molar-refractivity contribution in [3.05, 3.63) is 35.4 Å². The van der Waals surface area contributed by atoms with Crippen molar-refractivity contribution in [1.82, 2.24) is 5.32 Å². The molecule has 2 rings (SSSR count). The molecule has 1 aliphatic rings. The Labute approximate surface area is 141 Å². The van der Waals surface area contributed by atoms with Gasteiger partial charge in [0.1, 0.15) is 0 Å². The highest BCUT2D eigenvalue weighted by atomic mass is 14.8. The fourth-order valence-corrected chi connectivity index (χ4v) is 1.93. The van der Waals surface area contributed by atoms with Gasteiger partial charge in [-0.2, -0.15) is 0 Å². The normalized spacial score (nSPS) is 10.7. The maximum absolute atomic E-state index is 3.02. The fourth-order valence-electron chi connectivity index (χ4n) is 1.93. The Morgan fingerprint density at radius 3 is 1.41 bits per heavy atom. The topological polar surface area (TPSA) is 12.0 Å². The van der Waals surface area contributed by atoms with E-state index >= 15 is 0 Å². The zero-order valence-electron chi connectivity index (χ0n) is 16.8. The lowest BCUT2D eigenvalue weighted by Gasteiger charge is -2.13. The average Bonchev–Trinajstić information content (AvgIpc) is 2.61. The number of hydrogen-bond acceptors (Lipinski definition) is 1. The zero-order chi connectivity index (χ0) is 17.6. The van der Waals surface area contributed by atoms with Crippen LogP contribution in [0.4, 0.5) is 0 Å². The molecule has 22 heavy (non-hydrogen) atoms. The molecule has 0 amide bonds. The molecule has 0 unspecified atom stereocenters. The van der Waals surface area contributed by atoms with Gasteiger partial charge in [-0.1, -0.05) is 79.2 Å². The summed E-state index contributed by atoms with van der Waals surface area (Å²) in [4.78, 5) is 0. The third kappa shape index (κ3) is 17.2. The summed E-state index contributed by atoms with van der Waals surface area (Å²) in [7, 11) is 1.96. The van der Waals surface area contributed by atoms with Gasteiger partial charge in [0.15, 0.2) is 0 Å². The smallest absolute Gasteiger partial charge is 0.00546 e. The highest BCUT2D eigenvalue weighted by Gasteiger charge is 2.05. The first kappa shape index (κ1) is 26.1. The van der Waals surface area contributed by atoms with Crippen LogP contribution in [-0.4, -0.2) is 13.6 Å². The fraction of sp³-hybridized carbons (Fsp3) is 0.714. The number of benzene rings is 1. The Morgan fingerprint density at radius 2 is 1.18 bits per heavy atom. The third-order valence-electron chi connectivity index (χ3n) is 2.76. The highest BCUT2D eigenvalue weighted by molar-refractivity contribution is 5.28. The average molecular weight is 310 g/mol. The van der Waals surface area contributed by atoms with Gasteiger partial charge in [0.2, 0.25) is 0 Å². The van der Waals surface area contributed by atoms with Gasteiger partial charge >= 0.3 is 0 Å². The van der Waals surface area contributed by atoms with Crippen LogP contribution in [0.15, 0.2) is 24.3 Å². The van der Waals surface area contributed by atoms with E-state index in [1.165, 1.54) is 38.5 Å². The van der Waals surface area contributed by atoms with Crippen molar-refractivity contribution in [2.45, 2.75) is 87.0 Å². The molecule has 0 heterocycles. The van der Waals surface area contributed by atoms with Crippen LogP contribution < -0.4 is 5.32 Å². The Kier molecular flexibility index (Phi) is 29.8. The molecule has 0 radical (unpaired) electrons. The van der Waals surface area contributed by atoms with Crippen LogP contribution in [-0.2, 0) is 12.8 Å². The van der Waals surface area contributed by atoms with Crippen molar-refractivity contribution in [2.24, 2.45) is 0 Å². The molecular formula is C21H43N. The van der Waals surface area contributed by atoms with Gasteiger partial charge in [-0.05, 0) is 56.8 Å². The van der Waals surface area contributed by atoms with Crippen LogP contribution >= 0.6 is 0 Å². The largest absolute Gasteiger partial charge is 0.320 e. The van der Waals surface area contributed by atoms with Crippen LogP contribution in [0.5, 0.6) is 0 Å². The third-order valence-corrected chi connectivity index (χ3v) is 2.76. The molecule has 1 heteroatoms. The molecule has 0 bridgehead atoms. The summed E-state index contributed by atoms with van der Waals surface area (Å²) in [6, 6.07) is 8.80. The number of aryl methyl sites for hydroxylation is 2. The van der Waals surface area contributed by atoms with E-state index in [2.05, 4.69) is 50.4 Å². The van der Waals surface area contributed by atoms with E-state index in [9.17, 15) is 0 Å². The predicted octanol–water partition coefficient (Wildman–Crippen LogP) is 6.65. The van der Waals surface area contributed by atoms with Crippen molar-refractivity contribution in [3.8, 4) is 0 Å². The molecule has 132 valence electrons. The summed E-state index contributed by atoms with van der Waals surface area (Å²) in [5.41, 5.74) is 3.16. The zero-order valence-corrected chi connectivity index (χ0v) is 16.8. The molecule has 1 nitrogen and oxygen atoms in total. The minimum absolute atomic E-state index is 1.14. The summed E-state index contributed by atoms with van der Waals surface area (Å²) < 4.78 is 0. The second-order valence-corrected chi connectivity index (χ2v) is 4.79. The van der Waals surface area contributed by atoms with Crippen LogP contribution in [0.2, 0.25) is 0 Å². The van der Waals surface area contributed by atoms with E-state index in [-0.39, 0.29) is 0 Å². The van der Waals surface area contributed by atoms with Gasteiger partial charge in [0.05, 0.1) is 0 Å². The molecule has 0 saturated carbocycles. The summed E-state index contributed by atoms with van der Waals surface area (Å²) in [6.45, 7) is 15.5. The molecule has 0 aromatic heterocycles. The van der Waals surface area contributed by atoms with Crippen LogP contribution in [0, 0.1) is 0 Å². The standard InChI is InChI=1S/C10H12.C4H11N.C3H8.2C2H6/c1-2-6-10-8-4-3-7-9(10)5-1;1-3-4-5-2;1-3-2;2*1-2/h1-2,5-6H,3-4,7-8H2;5H,3-4H2,1-2H3;3H2,1-2H3;2*1-2H3. The number of fused-ring (bicyclic) bond motifs is 1. The SMILES string of the molecule is CC.CC.CCC.CCCNC.c1ccc2c(c1)CCCC2. The predicted molar refractivity (Wildman–Crippen MR) is 106 cm³/mol. The highest BCUT2D eigenvalue weighted by Crippen LogP contribution is 2.19. The Bertz CT molecular complexity index is 254. The minimum atomic E-state index is 1.14. The van der Waals surface area contributed by atoms with Gasteiger partial charge < -0.3 is 5.32 Å². The molecule has 0 fully saturated rings. The van der Waals surface area contributed by atoms with Crippen molar-refractivity contribution in [1.29, 1.82) is 0 Å². The molecule has 0 atom stereocenters. The molecule has 1 aliphatic carbocycles. The first-order chi connectivity index (χ1) is 10.8. The van der Waals surface area contributed by atoms with Crippen molar-refractivity contribution in [2.75, 3.05) is 13.6 Å². The summed E-state index contributed by atoms with van der Waals surface area (Å²) in [6.07, 6.45) is 7.86. The van der Waals surface area contributed by atoms with Crippen LogP contribution in [0.25, 0.3) is 0 Å². The van der Waals surface area contributed by atoms with E-state index < -0.39 is 0 Å². The number of nitrogens with one attached hydrogen (secondary N) is 1. The molecular weight excluding hydrogens is 266 g/mol. The Morgan fingerprint density at radius 1 is 0.818 bits per heavy atom. The number of hydrogen-bond donors (Lipinski definition) is 1. The summed E-state index contributed by atoms with van der Waals surface area (Å²) in [5, 5.41) is 3.02. The lowest BCUT2D eigenvalue weighted by atomic mass is 9.92. The van der Waals surface area contributed by atoms with Gasteiger partial charge in [0, 0.05) is 0 Å². The molecule has 1 aromatic carbocycles. The van der Waals surface area contributed by atoms with E-state index in [0.29, 0.717) is 0 Å². The maximum Gasteiger partial charge on any atom is -0.00546 e. The second-order valence-electron chi connectivity index (χ2n) is 4.79. The van der Waals surface area contributed by atoms with Crippen molar-refractivity contribution in [3.63, 3.8) is 0 Å². The molecule has 0 aliphatic heterocycles. The van der Waals surface area contributed by atoms with Gasteiger partial charge in [0.25, 0.3) is 0 Å². The van der Waals surface area contributed by atoms with E-state index in [1.807, 2.05) is 34.7 Å². The monoisotopic (exact) mass is 309 g/mol. The van der Waals surface area contributed by atoms with Gasteiger partial charge in [-0.25, -0.2) is 0 Å². The summed E-state index contributed by atoms with van der Waals surface area (Å²) >= 11 is 0. The number of rotatable bonds is 2. The quantitative estimate of drug-likeness (QED) is 0.645. The molecule has 1 N–H and O–H groups in total. The second kappa shape index (κ2) is 25.2. The maximum atomic E-state index is 3.02. The Balaban J connectivity index is -0.000000258. The van der Waals surface area contributed by atoms with E-state index in [0.717, 1.165) is 6.54 Å². The van der Waals surface area contributed by atoms with Crippen LogP contribution in [0.1, 0.15) is 85.3 Å². The first-order valence-electron chi connectivity index (χ1n) is 9.51. The van der Waals surface area contributed by atoms with E-state index in [4.69, 9.17) is 0 Å². The van der Waals surface area contributed by atoms with Gasteiger partial charge in [-0.3, -0.25) is 0 Å². The van der Waals surface area contributed by atoms with Crippen LogP contribution in [0.3, 0.4) is 0 Å². The van der Waals surface area contributed by atoms with Gasteiger partial charge in [-0.15, -0.1) is 0 Å². The molecule has 0 spiro atoms. The molecule has 0 saturated heterocycles. The Hall–Kier alpha value is -0.820. The lowest BCUT2D eigenvalue weighted by molar-refractivity contribution is 0.685. The first-order valence-corrected chi connectivity index (χ1v) is 9.51. The molecule has 1 aromatic rings.